The van der Waals surface area contributed by atoms with E-state index in [4.69, 9.17) is 0 Å². The summed E-state index contributed by atoms with van der Waals surface area (Å²) in [6, 6.07) is 9.93. The third kappa shape index (κ3) is 5.39. The van der Waals surface area contributed by atoms with Crippen LogP contribution >= 0.6 is 0 Å². The zero-order valence-electron chi connectivity index (χ0n) is 17.4. The first kappa shape index (κ1) is 23.1. The van der Waals surface area contributed by atoms with Crippen LogP contribution in [0.5, 0.6) is 0 Å². The number of benzene rings is 2. The summed E-state index contributed by atoms with van der Waals surface area (Å²) >= 11 is 0. The van der Waals surface area contributed by atoms with E-state index in [2.05, 4.69) is 11.6 Å². The molecule has 2 aromatic carbocycles. The molecule has 1 N–H and O–H groups in total. The number of nitrogens with one attached hydrogen (secondary N) is 1. The number of hydrogen-bond acceptors (Lipinski definition) is 3. The molecule has 3 rings (SSSR count). The van der Waals surface area contributed by atoms with Crippen LogP contribution in [0.3, 0.4) is 0 Å². The summed E-state index contributed by atoms with van der Waals surface area (Å²) in [7, 11) is -3.94. The number of amides is 1. The molecule has 168 valence electrons. The van der Waals surface area contributed by atoms with E-state index in [9.17, 15) is 26.4 Å². The van der Waals surface area contributed by atoms with Crippen LogP contribution in [0.25, 0.3) is 0 Å². The van der Waals surface area contributed by atoms with Gasteiger partial charge in [-0.3, -0.25) is 9.52 Å². The van der Waals surface area contributed by atoms with Gasteiger partial charge in [0.15, 0.2) is 0 Å². The topological polar surface area (TPSA) is 66.5 Å². The molecule has 0 aliphatic carbocycles. The third-order valence-corrected chi connectivity index (χ3v) is 6.75. The summed E-state index contributed by atoms with van der Waals surface area (Å²) in [4.78, 5) is 12.2. The lowest BCUT2D eigenvalue weighted by molar-refractivity contribution is -0.186. The number of hydrogen-bond donors (Lipinski definition) is 1. The molecular weight excluding hydrogens is 429 g/mol. The molecule has 0 saturated carbocycles. The molecule has 9 heteroatoms. The van der Waals surface area contributed by atoms with E-state index >= 15 is 0 Å². The highest BCUT2D eigenvalue weighted by Gasteiger charge is 2.43. The van der Waals surface area contributed by atoms with Crippen molar-refractivity contribution in [3.05, 3.63) is 58.7 Å². The van der Waals surface area contributed by atoms with Gasteiger partial charge >= 0.3 is 12.1 Å². The Morgan fingerprint density at radius 3 is 2.52 bits per heavy atom. The van der Waals surface area contributed by atoms with Crippen LogP contribution in [0.2, 0.25) is 0 Å². The Balaban J connectivity index is 1.81. The first-order valence-electron chi connectivity index (χ1n) is 10.1. The Bertz CT molecular complexity index is 1080. The number of alkyl halides is 3. The van der Waals surface area contributed by atoms with Gasteiger partial charge < -0.3 is 4.90 Å². The normalized spacial score (nSPS) is 14.3. The highest BCUT2D eigenvalue weighted by atomic mass is 32.2. The smallest absolute Gasteiger partial charge is 0.330 e. The Kier molecular flexibility index (Phi) is 6.64. The van der Waals surface area contributed by atoms with Crippen LogP contribution < -0.4 is 4.72 Å². The molecule has 5 nitrogen and oxygen atoms in total. The van der Waals surface area contributed by atoms with Crippen molar-refractivity contribution >= 4 is 21.6 Å². The summed E-state index contributed by atoms with van der Waals surface area (Å²) in [5.74, 6) is -1.91. The summed E-state index contributed by atoms with van der Waals surface area (Å²) in [5, 5.41) is 0. The molecule has 0 unspecified atom stereocenters. The van der Waals surface area contributed by atoms with Crippen LogP contribution in [-0.2, 0) is 34.2 Å². The van der Waals surface area contributed by atoms with Gasteiger partial charge in [-0.15, -0.1) is 0 Å². The van der Waals surface area contributed by atoms with Gasteiger partial charge in [-0.1, -0.05) is 31.5 Å². The zero-order chi connectivity index (χ0) is 22.8. The van der Waals surface area contributed by atoms with Gasteiger partial charge in [0.25, 0.3) is 10.0 Å². The number of anilines is 1. The van der Waals surface area contributed by atoms with Crippen LogP contribution in [0.1, 0.15) is 42.0 Å². The number of aryl methyl sites for hydroxylation is 2. The van der Waals surface area contributed by atoms with Gasteiger partial charge in [-0.05, 0) is 66.6 Å². The predicted octanol–water partition coefficient (Wildman–Crippen LogP) is 4.59. The monoisotopic (exact) mass is 454 g/mol. The molecule has 0 spiro atoms. The second-order valence-corrected chi connectivity index (χ2v) is 9.45. The minimum atomic E-state index is -4.95. The van der Waals surface area contributed by atoms with Gasteiger partial charge in [0.1, 0.15) is 0 Å². The maximum Gasteiger partial charge on any atom is 0.471 e. The van der Waals surface area contributed by atoms with E-state index in [1.165, 1.54) is 12.1 Å². The van der Waals surface area contributed by atoms with Gasteiger partial charge in [0.05, 0.1) is 10.6 Å². The lowest BCUT2D eigenvalue weighted by Crippen LogP contribution is -2.43. The average molecular weight is 455 g/mol. The van der Waals surface area contributed by atoms with Crippen molar-refractivity contribution in [3.8, 4) is 0 Å². The molecule has 1 amide bonds. The van der Waals surface area contributed by atoms with E-state index in [-0.39, 0.29) is 24.4 Å². The quantitative estimate of drug-likeness (QED) is 0.695. The molecule has 1 heterocycles. The SMILES string of the molecule is CCCCc1ccc(NS(=O)(=O)c2ccc3c(c2)CN(C(=O)C(F)(F)F)CC3)c(C)c1. The van der Waals surface area contributed by atoms with Crippen LogP contribution in [0, 0.1) is 6.92 Å². The predicted molar refractivity (Wildman–Crippen MR) is 112 cm³/mol. The largest absolute Gasteiger partial charge is 0.471 e. The van der Waals surface area contributed by atoms with Crippen molar-refractivity contribution in [1.82, 2.24) is 4.90 Å². The maximum atomic E-state index is 12.9. The zero-order valence-corrected chi connectivity index (χ0v) is 18.2. The molecule has 0 aromatic heterocycles. The molecule has 1 aliphatic heterocycles. The number of carbonyl (C=O) groups is 1. The van der Waals surface area contributed by atoms with Crippen LogP contribution in [-0.4, -0.2) is 31.9 Å². The number of carbonyl (C=O) groups excluding carboxylic acids is 1. The first-order chi connectivity index (χ1) is 14.5. The Hall–Kier alpha value is -2.55. The number of sulfonamides is 1. The van der Waals surface area contributed by atoms with Crippen LogP contribution in [0.4, 0.5) is 18.9 Å². The summed E-state index contributed by atoms with van der Waals surface area (Å²) in [6.07, 6.45) is -1.68. The summed E-state index contributed by atoms with van der Waals surface area (Å²) < 4.78 is 66.6. The van der Waals surface area contributed by atoms with Crippen molar-refractivity contribution in [2.75, 3.05) is 11.3 Å². The maximum absolute atomic E-state index is 12.9. The molecule has 0 radical (unpaired) electrons. The van der Waals surface area contributed by atoms with Crippen molar-refractivity contribution < 1.29 is 26.4 Å². The lowest BCUT2D eigenvalue weighted by Gasteiger charge is -2.29. The van der Waals surface area contributed by atoms with Crippen molar-refractivity contribution in [2.45, 2.75) is 57.1 Å². The fourth-order valence-corrected chi connectivity index (χ4v) is 4.81. The third-order valence-electron chi connectivity index (χ3n) is 5.38. The number of rotatable bonds is 6. The summed E-state index contributed by atoms with van der Waals surface area (Å²) in [6.45, 7) is 3.59. The Labute approximate surface area is 180 Å². The van der Waals surface area contributed by atoms with Gasteiger partial charge in [-0.2, -0.15) is 13.2 Å². The van der Waals surface area contributed by atoms with Gasteiger partial charge in [0, 0.05) is 13.1 Å². The fourth-order valence-electron chi connectivity index (χ4n) is 3.63. The Morgan fingerprint density at radius 2 is 1.87 bits per heavy atom. The van der Waals surface area contributed by atoms with Crippen molar-refractivity contribution in [2.24, 2.45) is 0 Å². The highest BCUT2D eigenvalue weighted by Crippen LogP contribution is 2.28. The number of unbranched alkanes of at least 4 members (excludes halogenated alkanes) is 1. The van der Waals surface area contributed by atoms with Gasteiger partial charge in [0.2, 0.25) is 0 Å². The Morgan fingerprint density at radius 1 is 1.13 bits per heavy atom. The second kappa shape index (κ2) is 8.90. The number of halogens is 3. The van der Waals surface area contributed by atoms with E-state index in [1.807, 2.05) is 19.1 Å². The van der Waals surface area contributed by atoms with Crippen molar-refractivity contribution in [1.29, 1.82) is 0 Å². The van der Waals surface area contributed by atoms with E-state index < -0.39 is 22.1 Å². The molecule has 0 atom stereocenters. The van der Waals surface area contributed by atoms with E-state index in [0.29, 0.717) is 16.2 Å². The second-order valence-electron chi connectivity index (χ2n) is 7.76. The average Bonchev–Trinajstić information content (AvgIpc) is 2.71. The number of fused-ring (bicyclic) bond motifs is 1. The highest BCUT2D eigenvalue weighted by molar-refractivity contribution is 7.92. The summed E-state index contributed by atoms with van der Waals surface area (Å²) in [5.41, 5.74) is 3.51. The van der Waals surface area contributed by atoms with Crippen molar-refractivity contribution in [3.63, 3.8) is 0 Å². The molecule has 2 aromatic rings. The molecular formula is C22H25F3N2O3S. The molecule has 0 fully saturated rings. The lowest BCUT2D eigenvalue weighted by atomic mass is 10.00. The standard InChI is InChI=1S/C22H25F3N2O3S/c1-3-4-5-16-6-9-20(15(2)12-16)26-31(29,30)19-8-7-17-10-11-27(14-18(17)13-19)21(28)22(23,24)25/h6-9,12-13,26H,3-5,10-11,14H2,1-2H3. The van der Waals surface area contributed by atoms with E-state index in [1.54, 1.807) is 12.1 Å². The molecule has 31 heavy (non-hydrogen) atoms. The molecule has 0 saturated heterocycles. The minimum Gasteiger partial charge on any atom is -0.330 e. The number of nitrogens with zero attached hydrogens (tertiary/aromatic N) is 1. The van der Waals surface area contributed by atoms with Gasteiger partial charge in [-0.25, -0.2) is 8.42 Å². The minimum absolute atomic E-state index is 0.0537. The molecule has 0 bridgehead atoms. The first-order valence-corrected chi connectivity index (χ1v) is 11.6. The fraction of sp³-hybridized carbons (Fsp3) is 0.409. The molecule has 1 aliphatic rings. The van der Waals surface area contributed by atoms with Crippen LogP contribution in [0.15, 0.2) is 41.3 Å². The van der Waals surface area contributed by atoms with E-state index in [0.717, 1.165) is 36.0 Å².